The van der Waals surface area contributed by atoms with Gasteiger partial charge < -0.3 is 5.32 Å². The molecule has 140 valence electrons. The third-order valence-electron chi connectivity index (χ3n) is 3.63. The van der Waals surface area contributed by atoms with Crippen molar-refractivity contribution in [2.24, 2.45) is 0 Å². The van der Waals surface area contributed by atoms with Crippen molar-refractivity contribution in [1.29, 1.82) is 0 Å². The Morgan fingerprint density at radius 2 is 2.15 bits per heavy atom. The first-order chi connectivity index (χ1) is 13.0. The zero-order valence-electron chi connectivity index (χ0n) is 14.8. The minimum atomic E-state index is -0.361. The molecule has 0 bridgehead atoms. The maximum atomic E-state index is 12.5. The number of hydrogen-bond acceptors (Lipinski definition) is 6. The van der Waals surface area contributed by atoms with Crippen molar-refractivity contribution < 1.29 is 4.79 Å². The van der Waals surface area contributed by atoms with Crippen LogP contribution in [0.2, 0.25) is 5.02 Å². The number of rotatable bonds is 7. The first kappa shape index (κ1) is 19.6. The van der Waals surface area contributed by atoms with Crippen molar-refractivity contribution in [1.82, 2.24) is 19.7 Å². The maximum absolute atomic E-state index is 12.5. The number of benzene rings is 1. The summed E-state index contributed by atoms with van der Waals surface area (Å²) in [6.07, 6.45) is 1.77. The average Bonchev–Trinajstić information content (AvgIpc) is 3.22. The molecular formula is C18H18ClN5OS2. The summed E-state index contributed by atoms with van der Waals surface area (Å²) in [7, 11) is 0. The smallest absolute Gasteiger partial charge is 0.239 e. The molecule has 1 N–H and O–H groups in total. The molecule has 27 heavy (non-hydrogen) atoms. The molecule has 1 atom stereocenters. The fourth-order valence-electron chi connectivity index (χ4n) is 2.31. The number of allylic oxidation sites excluding steroid dienone is 1. The molecule has 0 unspecified atom stereocenters. The molecule has 2 heterocycles. The quantitative estimate of drug-likeness (QED) is 0.445. The topological polar surface area (TPSA) is 72.7 Å². The Balaban J connectivity index is 1.78. The summed E-state index contributed by atoms with van der Waals surface area (Å²) in [6, 6.07) is 7.40. The van der Waals surface area contributed by atoms with Crippen molar-refractivity contribution in [3.63, 3.8) is 0 Å². The van der Waals surface area contributed by atoms with Crippen molar-refractivity contribution in [3.8, 4) is 11.4 Å². The van der Waals surface area contributed by atoms with Crippen LogP contribution in [0.3, 0.4) is 0 Å². The summed E-state index contributed by atoms with van der Waals surface area (Å²) in [4.78, 5) is 16.7. The number of amides is 1. The van der Waals surface area contributed by atoms with Gasteiger partial charge in [0.2, 0.25) is 5.91 Å². The predicted octanol–water partition coefficient (Wildman–Crippen LogP) is 4.67. The highest BCUT2D eigenvalue weighted by molar-refractivity contribution is 8.00. The van der Waals surface area contributed by atoms with Crippen LogP contribution in [0.1, 0.15) is 12.6 Å². The molecule has 0 spiro atoms. The minimum absolute atomic E-state index is 0.129. The van der Waals surface area contributed by atoms with Crippen molar-refractivity contribution in [2.45, 2.75) is 30.8 Å². The molecule has 6 nitrogen and oxygen atoms in total. The van der Waals surface area contributed by atoms with E-state index in [0.29, 0.717) is 27.7 Å². The van der Waals surface area contributed by atoms with Gasteiger partial charge in [-0.15, -0.1) is 28.1 Å². The Kier molecular flexibility index (Phi) is 6.30. The van der Waals surface area contributed by atoms with Crippen LogP contribution in [0, 0.1) is 6.92 Å². The van der Waals surface area contributed by atoms with Gasteiger partial charge in [-0.1, -0.05) is 29.4 Å². The number of carbonyl (C=O) groups is 1. The van der Waals surface area contributed by atoms with E-state index in [1.807, 2.05) is 48.1 Å². The molecule has 3 aromatic rings. The largest absolute Gasteiger partial charge is 0.301 e. The Bertz CT molecular complexity index is 951. The maximum Gasteiger partial charge on any atom is 0.239 e. The highest BCUT2D eigenvalue weighted by Gasteiger charge is 2.21. The van der Waals surface area contributed by atoms with Crippen LogP contribution >= 0.6 is 34.7 Å². The highest BCUT2D eigenvalue weighted by atomic mass is 35.5. The molecule has 0 radical (unpaired) electrons. The summed E-state index contributed by atoms with van der Waals surface area (Å²) in [5, 5.41) is 14.8. The third kappa shape index (κ3) is 4.77. The summed E-state index contributed by atoms with van der Waals surface area (Å²) in [5.74, 6) is 0.577. The standard InChI is InChI=1S/C18H18ClN5OS2/c1-4-9-24-15(13-5-7-14(19)8-6-13)22-23-18(24)27-12(3)16(25)21-17-20-11(2)10-26-17/h4-8,10,12H,1,9H2,2-3H3,(H,20,21,25)/t12-/m1/s1. The number of nitrogens with zero attached hydrogens (tertiary/aromatic N) is 4. The molecule has 3 rings (SSSR count). The number of aromatic nitrogens is 4. The fourth-order valence-corrected chi connectivity index (χ4v) is 3.99. The lowest BCUT2D eigenvalue weighted by atomic mass is 10.2. The van der Waals surface area contributed by atoms with Crippen LogP contribution in [-0.2, 0) is 11.3 Å². The van der Waals surface area contributed by atoms with E-state index in [1.54, 1.807) is 6.08 Å². The number of nitrogens with one attached hydrogen (secondary N) is 1. The lowest BCUT2D eigenvalue weighted by Crippen LogP contribution is -2.22. The second-order valence-corrected chi connectivity index (χ2v) is 8.36. The summed E-state index contributed by atoms with van der Waals surface area (Å²) >= 11 is 8.71. The van der Waals surface area contributed by atoms with Gasteiger partial charge in [-0.2, -0.15) is 0 Å². The second kappa shape index (κ2) is 8.69. The van der Waals surface area contributed by atoms with E-state index in [4.69, 9.17) is 11.6 Å². The summed E-state index contributed by atoms with van der Waals surface area (Å²) in [6.45, 7) is 8.06. The molecule has 0 fully saturated rings. The number of aryl methyl sites for hydroxylation is 1. The summed E-state index contributed by atoms with van der Waals surface area (Å²) < 4.78 is 1.93. The van der Waals surface area contributed by atoms with Crippen LogP contribution in [0.25, 0.3) is 11.4 Å². The zero-order chi connectivity index (χ0) is 19.4. The van der Waals surface area contributed by atoms with E-state index in [0.717, 1.165) is 11.3 Å². The Morgan fingerprint density at radius 3 is 2.78 bits per heavy atom. The number of carbonyl (C=O) groups excluding carboxylic acids is 1. The van der Waals surface area contributed by atoms with E-state index in [2.05, 4.69) is 27.1 Å². The Labute approximate surface area is 170 Å². The first-order valence-corrected chi connectivity index (χ1v) is 10.3. The van der Waals surface area contributed by atoms with Crippen LogP contribution in [0.15, 0.2) is 47.5 Å². The summed E-state index contributed by atoms with van der Waals surface area (Å²) in [5.41, 5.74) is 1.78. The van der Waals surface area contributed by atoms with E-state index < -0.39 is 0 Å². The minimum Gasteiger partial charge on any atom is -0.301 e. The molecule has 0 saturated heterocycles. The van der Waals surface area contributed by atoms with Gasteiger partial charge in [0.15, 0.2) is 16.1 Å². The van der Waals surface area contributed by atoms with Crippen LogP contribution in [0.4, 0.5) is 5.13 Å². The number of hydrogen-bond donors (Lipinski definition) is 1. The van der Waals surface area contributed by atoms with E-state index in [9.17, 15) is 4.79 Å². The van der Waals surface area contributed by atoms with Gasteiger partial charge >= 0.3 is 0 Å². The molecule has 0 aliphatic rings. The number of halogens is 1. The van der Waals surface area contributed by atoms with Gasteiger partial charge in [-0.3, -0.25) is 9.36 Å². The molecule has 0 aliphatic carbocycles. The molecule has 1 aromatic carbocycles. The fraction of sp³-hybridized carbons (Fsp3) is 0.222. The Hall–Kier alpha value is -2.16. The van der Waals surface area contributed by atoms with Crippen LogP contribution in [0.5, 0.6) is 0 Å². The third-order valence-corrected chi connectivity index (χ3v) is 5.84. The molecule has 0 aliphatic heterocycles. The van der Waals surface area contributed by atoms with Gasteiger partial charge in [-0.05, 0) is 38.1 Å². The average molecular weight is 420 g/mol. The first-order valence-electron chi connectivity index (χ1n) is 8.17. The molecule has 9 heteroatoms. The zero-order valence-corrected chi connectivity index (χ0v) is 17.2. The molecule has 0 saturated carbocycles. The SMILES string of the molecule is C=CCn1c(S[C@H](C)C(=O)Nc2nc(C)cs2)nnc1-c1ccc(Cl)cc1. The second-order valence-electron chi connectivity index (χ2n) is 5.76. The van der Waals surface area contributed by atoms with Gasteiger partial charge in [0, 0.05) is 22.5 Å². The number of anilines is 1. The Morgan fingerprint density at radius 1 is 1.41 bits per heavy atom. The monoisotopic (exact) mass is 419 g/mol. The lowest BCUT2D eigenvalue weighted by molar-refractivity contribution is -0.115. The van der Waals surface area contributed by atoms with E-state index in [-0.39, 0.29) is 11.2 Å². The van der Waals surface area contributed by atoms with Crippen molar-refractivity contribution in [3.05, 3.63) is 53.0 Å². The molecule has 1 amide bonds. The predicted molar refractivity (Wildman–Crippen MR) is 111 cm³/mol. The van der Waals surface area contributed by atoms with Gasteiger partial charge in [-0.25, -0.2) is 4.98 Å². The number of thioether (sulfide) groups is 1. The molecular weight excluding hydrogens is 402 g/mol. The lowest BCUT2D eigenvalue weighted by Gasteiger charge is -2.12. The molecule has 2 aromatic heterocycles. The van der Waals surface area contributed by atoms with E-state index >= 15 is 0 Å². The van der Waals surface area contributed by atoms with Gasteiger partial charge in [0.1, 0.15) is 0 Å². The van der Waals surface area contributed by atoms with Crippen molar-refractivity contribution >= 4 is 45.7 Å². The van der Waals surface area contributed by atoms with Crippen molar-refractivity contribution in [2.75, 3.05) is 5.32 Å². The number of thiazole rings is 1. The van der Waals surface area contributed by atoms with Gasteiger partial charge in [0.05, 0.1) is 10.9 Å². The highest BCUT2D eigenvalue weighted by Crippen LogP contribution is 2.28. The van der Waals surface area contributed by atoms with Gasteiger partial charge in [0.25, 0.3) is 0 Å². The normalized spacial score (nSPS) is 12.0. The van der Waals surface area contributed by atoms with E-state index in [1.165, 1.54) is 23.1 Å². The van der Waals surface area contributed by atoms with Crippen LogP contribution < -0.4 is 5.32 Å². The van der Waals surface area contributed by atoms with Crippen LogP contribution in [-0.4, -0.2) is 30.9 Å².